The van der Waals surface area contributed by atoms with E-state index >= 15 is 0 Å². The van der Waals surface area contributed by atoms with Crippen molar-refractivity contribution < 1.29 is 9.32 Å². The summed E-state index contributed by atoms with van der Waals surface area (Å²) in [6.07, 6.45) is 1.37. The van der Waals surface area contributed by atoms with E-state index < -0.39 is 0 Å². The first-order valence-corrected chi connectivity index (χ1v) is 9.82. The SMILES string of the molecule is CC[C@@H](C)N(CCc1nc(-c2ccc(Cl)cc2)no1)C(=O)c1ccc(C)cc1. The van der Waals surface area contributed by atoms with Crippen LogP contribution in [-0.2, 0) is 6.42 Å². The van der Waals surface area contributed by atoms with E-state index in [2.05, 4.69) is 24.0 Å². The van der Waals surface area contributed by atoms with E-state index in [-0.39, 0.29) is 11.9 Å². The minimum absolute atomic E-state index is 0.0202. The van der Waals surface area contributed by atoms with E-state index in [9.17, 15) is 4.79 Å². The molecule has 0 aliphatic carbocycles. The van der Waals surface area contributed by atoms with Crippen molar-refractivity contribution >= 4 is 17.5 Å². The van der Waals surface area contributed by atoms with E-state index in [1.54, 1.807) is 12.1 Å². The Balaban J connectivity index is 1.71. The molecule has 1 aromatic heterocycles. The molecule has 0 bridgehead atoms. The molecule has 0 saturated carbocycles. The molecule has 6 heteroatoms. The molecule has 146 valence electrons. The van der Waals surface area contributed by atoms with E-state index in [0.717, 1.165) is 17.5 Å². The van der Waals surface area contributed by atoms with Gasteiger partial charge in [-0.3, -0.25) is 4.79 Å². The first kappa shape index (κ1) is 20.1. The summed E-state index contributed by atoms with van der Waals surface area (Å²) in [6, 6.07) is 15.1. The van der Waals surface area contributed by atoms with Crippen LogP contribution in [0.15, 0.2) is 53.1 Å². The van der Waals surface area contributed by atoms with Gasteiger partial charge in [0.15, 0.2) is 0 Å². The van der Waals surface area contributed by atoms with Crippen LogP contribution in [0.4, 0.5) is 0 Å². The maximum atomic E-state index is 13.0. The first-order valence-electron chi connectivity index (χ1n) is 9.44. The lowest BCUT2D eigenvalue weighted by Gasteiger charge is -2.28. The van der Waals surface area contributed by atoms with Gasteiger partial charge in [0.1, 0.15) is 0 Å². The number of carbonyl (C=O) groups excluding carboxylic acids is 1. The molecule has 0 radical (unpaired) electrons. The zero-order valence-electron chi connectivity index (χ0n) is 16.4. The second-order valence-corrected chi connectivity index (χ2v) is 7.33. The normalized spacial score (nSPS) is 12.0. The molecule has 0 unspecified atom stereocenters. The lowest BCUT2D eigenvalue weighted by molar-refractivity contribution is 0.0686. The highest BCUT2D eigenvalue weighted by atomic mass is 35.5. The van der Waals surface area contributed by atoms with Gasteiger partial charge in [0, 0.05) is 35.2 Å². The van der Waals surface area contributed by atoms with Gasteiger partial charge in [-0.2, -0.15) is 4.98 Å². The molecule has 0 fully saturated rings. The van der Waals surface area contributed by atoms with Crippen molar-refractivity contribution in [2.45, 2.75) is 39.7 Å². The van der Waals surface area contributed by atoms with Crippen LogP contribution in [0.1, 0.15) is 42.1 Å². The lowest BCUT2D eigenvalue weighted by atomic mass is 10.1. The molecule has 1 amide bonds. The van der Waals surface area contributed by atoms with Crippen LogP contribution in [0, 0.1) is 6.92 Å². The van der Waals surface area contributed by atoms with Gasteiger partial charge in [0.2, 0.25) is 11.7 Å². The number of hydrogen-bond donors (Lipinski definition) is 0. The Kier molecular flexibility index (Phi) is 6.47. The van der Waals surface area contributed by atoms with Gasteiger partial charge in [-0.25, -0.2) is 0 Å². The molecular weight excluding hydrogens is 374 g/mol. The molecule has 0 saturated heterocycles. The van der Waals surface area contributed by atoms with E-state index in [4.69, 9.17) is 16.1 Å². The van der Waals surface area contributed by atoms with E-state index in [0.29, 0.717) is 35.3 Å². The van der Waals surface area contributed by atoms with Crippen LogP contribution >= 0.6 is 11.6 Å². The Hall–Kier alpha value is -2.66. The van der Waals surface area contributed by atoms with Crippen LogP contribution in [-0.4, -0.2) is 33.5 Å². The molecule has 0 N–H and O–H groups in total. The smallest absolute Gasteiger partial charge is 0.254 e. The minimum atomic E-state index is 0.0202. The van der Waals surface area contributed by atoms with Crippen molar-refractivity contribution in [1.82, 2.24) is 15.0 Å². The molecule has 0 spiro atoms. The molecule has 3 rings (SSSR count). The lowest BCUT2D eigenvalue weighted by Crippen LogP contribution is -2.39. The molecule has 0 aliphatic rings. The topological polar surface area (TPSA) is 59.2 Å². The molecular formula is C22H24ClN3O2. The maximum absolute atomic E-state index is 13.0. The van der Waals surface area contributed by atoms with Crippen LogP contribution in [0.25, 0.3) is 11.4 Å². The fourth-order valence-electron chi connectivity index (χ4n) is 2.89. The average molecular weight is 398 g/mol. The summed E-state index contributed by atoms with van der Waals surface area (Å²) < 4.78 is 5.38. The summed E-state index contributed by atoms with van der Waals surface area (Å²) in [5, 5.41) is 4.70. The van der Waals surface area contributed by atoms with Crippen LogP contribution in [0.5, 0.6) is 0 Å². The highest BCUT2D eigenvalue weighted by Crippen LogP contribution is 2.19. The van der Waals surface area contributed by atoms with E-state index in [1.807, 2.05) is 48.2 Å². The maximum Gasteiger partial charge on any atom is 0.254 e. The highest BCUT2D eigenvalue weighted by molar-refractivity contribution is 6.30. The van der Waals surface area contributed by atoms with Crippen molar-refractivity contribution in [3.05, 3.63) is 70.6 Å². The van der Waals surface area contributed by atoms with Gasteiger partial charge >= 0.3 is 0 Å². The van der Waals surface area contributed by atoms with Gasteiger partial charge < -0.3 is 9.42 Å². The number of rotatable bonds is 7. The summed E-state index contributed by atoms with van der Waals surface area (Å²) in [5.74, 6) is 1.05. The molecule has 5 nitrogen and oxygen atoms in total. The third kappa shape index (κ3) is 4.78. The summed E-state index contributed by atoms with van der Waals surface area (Å²) in [6.45, 7) is 6.66. The standard InChI is InChI=1S/C22H24ClN3O2/c1-4-16(3)26(22(27)18-7-5-15(2)6-8-18)14-13-20-24-21(25-28-20)17-9-11-19(23)12-10-17/h5-12,16H,4,13-14H2,1-3H3/t16-/m1/s1. The third-order valence-electron chi connectivity index (χ3n) is 4.82. The Morgan fingerprint density at radius 2 is 1.82 bits per heavy atom. The zero-order valence-corrected chi connectivity index (χ0v) is 17.1. The van der Waals surface area contributed by atoms with E-state index in [1.165, 1.54) is 0 Å². The van der Waals surface area contributed by atoms with Gasteiger partial charge in [-0.05, 0) is 56.7 Å². The summed E-state index contributed by atoms with van der Waals surface area (Å²) in [7, 11) is 0. The summed E-state index contributed by atoms with van der Waals surface area (Å²) in [5.41, 5.74) is 2.67. The van der Waals surface area contributed by atoms with Crippen molar-refractivity contribution in [3.63, 3.8) is 0 Å². The van der Waals surface area contributed by atoms with Gasteiger partial charge in [-0.15, -0.1) is 0 Å². The van der Waals surface area contributed by atoms with Gasteiger partial charge in [0.25, 0.3) is 5.91 Å². The van der Waals surface area contributed by atoms with Crippen LogP contribution in [0.2, 0.25) is 5.02 Å². The molecule has 3 aromatic rings. The van der Waals surface area contributed by atoms with Crippen LogP contribution in [0.3, 0.4) is 0 Å². The number of amides is 1. The monoisotopic (exact) mass is 397 g/mol. The number of nitrogens with zero attached hydrogens (tertiary/aromatic N) is 3. The quantitative estimate of drug-likeness (QED) is 0.551. The number of halogens is 1. The van der Waals surface area contributed by atoms with Crippen LogP contribution < -0.4 is 0 Å². The molecule has 2 aromatic carbocycles. The fourth-order valence-corrected chi connectivity index (χ4v) is 3.02. The molecule has 28 heavy (non-hydrogen) atoms. The number of hydrogen-bond acceptors (Lipinski definition) is 4. The van der Waals surface area contributed by atoms with Gasteiger partial charge in [-0.1, -0.05) is 41.4 Å². The zero-order chi connectivity index (χ0) is 20.1. The third-order valence-corrected chi connectivity index (χ3v) is 5.07. The van der Waals surface area contributed by atoms with Crippen molar-refractivity contribution in [2.75, 3.05) is 6.54 Å². The predicted octanol–water partition coefficient (Wildman–Crippen LogP) is 5.18. The first-order chi connectivity index (χ1) is 13.5. The Morgan fingerprint density at radius 3 is 2.46 bits per heavy atom. The summed E-state index contributed by atoms with van der Waals surface area (Å²) >= 11 is 5.92. The Labute approximate surface area is 170 Å². The van der Waals surface area contributed by atoms with Gasteiger partial charge in [0.05, 0.1) is 0 Å². The highest BCUT2D eigenvalue weighted by Gasteiger charge is 2.21. The number of benzene rings is 2. The second kappa shape index (κ2) is 9.02. The number of aromatic nitrogens is 2. The van der Waals surface area contributed by atoms with Crippen molar-refractivity contribution in [3.8, 4) is 11.4 Å². The predicted molar refractivity (Wildman–Crippen MR) is 110 cm³/mol. The number of carbonyl (C=O) groups is 1. The van der Waals surface area contributed by atoms with Crippen molar-refractivity contribution in [1.29, 1.82) is 0 Å². The second-order valence-electron chi connectivity index (χ2n) is 6.89. The average Bonchev–Trinajstić information content (AvgIpc) is 3.17. The molecule has 0 aliphatic heterocycles. The van der Waals surface area contributed by atoms with Crippen molar-refractivity contribution in [2.24, 2.45) is 0 Å². The minimum Gasteiger partial charge on any atom is -0.339 e. The molecule has 1 atom stereocenters. The Bertz CT molecular complexity index is 920. The number of aryl methyl sites for hydroxylation is 1. The largest absolute Gasteiger partial charge is 0.339 e. The molecule has 1 heterocycles. The Morgan fingerprint density at radius 1 is 1.14 bits per heavy atom. The summed E-state index contributed by atoms with van der Waals surface area (Å²) in [4.78, 5) is 19.3. The fraction of sp³-hybridized carbons (Fsp3) is 0.318.